The number of non-ortho nitro benzene ring substituents is 1. The first kappa shape index (κ1) is 23.6. The Hall–Kier alpha value is -3.42. The molecule has 0 radical (unpaired) electrons. The smallest absolute Gasteiger partial charge is 0.272 e. The van der Waals surface area contributed by atoms with Crippen molar-refractivity contribution in [2.24, 2.45) is 0 Å². The van der Waals surface area contributed by atoms with Crippen LogP contribution in [0.3, 0.4) is 0 Å². The number of hydrogen-bond acceptors (Lipinski definition) is 6. The van der Waals surface area contributed by atoms with E-state index in [1.807, 2.05) is 27.7 Å². The summed E-state index contributed by atoms with van der Waals surface area (Å²) in [6, 6.07) is 8.09. The zero-order valence-corrected chi connectivity index (χ0v) is 17.4. The summed E-state index contributed by atoms with van der Waals surface area (Å²) in [6.07, 6.45) is 1.51. The molecule has 0 N–H and O–H groups in total. The number of nitro groups is 1. The summed E-state index contributed by atoms with van der Waals surface area (Å²) in [5.74, 6) is 0.337. The van der Waals surface area contributed by atoms with Crippen molar-refractivity contribution in [1.29, 1.82) is 0 Å². The van der Waals surface area contributed by atoms with E-state index in [2.05, 4.69) is 4.98 Å². The molecule has 3 aromatic rings. The largest absolute Gasteiger partial charge is 0.493 e. The van der Waals surface area contributed by atoms with E-state index >= 15 is 0 Å². The van der Waals surface area contributed by atoms with Crippen molar-refractivity contribution in [2.75, 3.05) is 14.2 Å². The van der Waals surface area contributed by atoms with Crippen LogP contribution in [0.5, 0.6) is 23.0 Å². The first-order chi connectivity index (χ1) is 14.0. The standard InChI is InChI=1S/C17H13FN2O5.2C2H6/c1-23-16-8-11-13(9-17(16)24-2)19-6-5-14(11)25-15-4-3-10(20(21)22)7-12(15)18;2*1-2/h3-9H,1-2H3;2*1-2H3. The van der Waals surface area contributed by atoms with Gasteiger partial charge in [-0.15, -0.1) is 0 Å². The van der Waals surface area contributed by atoms with Gasteiger partial charge in [-0.1, -0.05) is 27.7 Å². The van der Waals surface area contributed by atoms with Crippen LogP contribution in [0, 0.1) is 15.9 Å². The molecule has 1 heterocycles. The highest BCUT2D eigenvalue weighted by molar-refractivity contribution is 5.88. The van der Waals surface area contributed by atoms with E-state index in [0.717, 1.165) is 6.07 Å². The Balaban J connectivity index is 0.000000989. The van der Waals surface area contributed by atoms with Crippen LogP contribution in [0.1, 0.15) is 27.7 Å². The van der Waals surface area contributed by atoms with Crippen molar-refractivity contribution in [1.82, 2.24) is 4.98 Å². The van der Waals surface area contributed by atoms with Crippen molar-refractivity contribution >= 4 is 16.6 Å². The minimum absolute atomic E-state index is 0.132. The fourth-order valence-corrected chi connectivity index (χ4v) is 2.34. The molecule has 0 bridgehead atoms. The predicted molar refractivity (Wildman–Crippen MR) is 111 cm³/mol. The van der Waals surface area contributed by atoms with E-state index in [4.69, 9.17) is 14.2 Å². The lowest BCUT2D eigenvalue weighted by atomic mass is 10.2. The highest BCUT2D eigenvalue weighted by Gasteiger charge is 2.15. The Bertz CT molecular complexity index is 963. The molecule has 156 valence electrons. The van der Waals surface area contributed by atoms with Crippen LogP contribution < -0.4 is 14.2 Å². The van der Waals surface area contributed by atoms with Crippen molar-refractivity contribution in [2.45, 2.75) is 27.7 Å². The molecule has 0 saturated carbocycles. The van der Waals surface area contributed by atoms with Crippen LogP contribution in [0.25, 0.3) is 10.9 Å². The summed E-state index contributed by atoms with van der Waals surface area (Å²) in [4.78, 5) is 14.2. The van der Waals surface area contributed by atoms with E-state index < -0.39 is 10.7 Å². The van der Waals surface area contributed by atoms with Crippen LogP contribution in [0.15, 0.2) is 42.6 Å². The van der Waals surface area contributed by atoms with Crippen LogP contribution in [-0.2, 0) is 0 Å². The normalized spacial score (nSPS) is 9.48. The molecule has 0 aliphatic carbocycles. The zero-order chi connectivity index (χ0) is 22.0. The van der Waals surface area contributed by atoms with Gasteiger partial charge in [0.05, 0.1) is 30.7 Å². The third-order valence-corrected chi connectivity index (χ3v) is 3.55. The van der Waals surface area contributed by atoms with Gasteiger partial charge in [0.25, 0.3) is 5.69 Å². The molecule has 0 fully saturated rings. The Morgan fingerprint density at radius 1 is 0.897 bits per heavy atom. The molecular weight excluding hydrogens is 379 g/mol. The summed E-state index contributed by atoms with van der Waals surface area (Å²) in [6.45, 7) is 8.00. The maximum Gasteiger partial charge on any atom is 0.272 e. The Kier molecular flexibility index (Phi) is 9.31. The molecule has 2 aromatic carbocycles. The molecule has 1 aromatic heterocycles. The van der Waals surface area contributed by atoms with Crippen molar-refractivity contribution in [3.63, 3.8) is 0 Å². The number of methoxy groups -OCH3 is 2. The summed E-state index contributed by atoms with van der Waals surface area (Å²) in [5, 5.41) is 11.3. The molecule has 3 rings (SSSR count). The number of halogens is 1. The molecule has 0 spiro atoms. The summed E-state index contributed by atoms with van der Waals surface area (Å²) in [5.41, 5.74) is 0.216. The number of nitro benzene ring substituents is 1. The van der Waals surface area contributed by atoms with E-state index in [1.165, 1.54) is 32.5 Å². The zero-order valence-electron chi connectivity index (χ0n) is 17.4. The number of ether oxygens (including phenoxy) is 3. The van der Waals surface area contributed by atoms with Crippen LogP contribution in [-0.4, -0.2) is 24.1 Å². The van der Waals surface area contributed by atoms with Gasteiger partial charge < -0.3 is 14.2 Å². The average molecular weight is 404 g/mol. The van der Waals surface area contributed by atoms with Gasteiger partial charge in [0.2, 0.25) is 0 Å². The molecule has 0 aliphatic rings. The van der Waals surface area contributed by atoms with Gasteiger partial charge in [0.1, 0.15) is 5.75 Å². The number of fused-ring (bicyclic) bond motifs is 1. The van der Waals surface area contributed by atoms with E-state index in [-0.39, 0.29) is 11.4 Å². The monoisotopic (exact) mass is 404 g/mol. The number of nitrogens with zero attached hydrogens (tertiary/aromatic N) is 2. The number of aromatic nitrogens is 1. The van der Waals surface area contributed by atoms with Crippen LogP contribution >= 0.6 is 0 Å². The molecule has 29 heavy (non-hydrogen) atoms. The quantitative estimate of drug-likeness (QED) is 0.375. The first-order valence-corrected chi connectivity index (χ1v) is 9.16. The fourth-order valence-electron chi connectivity index (χ4n) is 2.34. The van der Waals surface area contributed by atoms with Crippen molar-refractivity contribution in [3.05, 3.63) is 58.5 Å². The summed E-state index contributed by atoms with van der Waals surface area (Å²) < 4.78 is 30.2. The lowest BCUT2D eigenvalue weighted by Gasteiger charge is -2.12. The summed E-state index contributed by atoms with van der Waals surface area (Å²) in [7, 11) is 3.01. The molecule has 7 nitrogen and oxygen atoms in total. The topological polar surface area (TPSA) is 83.7 Å². The van der Waals surface area contributed by atoms with Crippen molar-refractivity contribution in [3.8, 4) is 23.0 Å². The first-order valence-electron chi connectivity index (χ1n) is 9.16. The maximum atomic E-state index is 14.1. The SMILES string of the molecule is CC.CC.COc1cc2nccc(Oc3ccc([N+](=O)[O-])cc3F)c2cc1OC. The van der Waals surface area contributed by atoms with Gasteiger partial charge in [0, 0.05) is 23.7 Å². The van der Waals surface area contributed by atoms with Gasteiger partial charge in [-0.25, -0.2) is 4.39 Å². The van der Waals surface area contributed by atoms with Gasteiger partial charge in [-0.3, -0.25) is 15.1 Å². The lowest BCUT2D eigenvalue weighted by Crippen LogP contribution is -1.95. The molecule has 0 aliphatic heterocycles. The minimum atomic E-state index is -0.834. The van der Waals surface area contributed by atoms with Crippen LogP contribution in [0.4, 0.5) is 10.1 Å². The van der Waals surface area contributed by atoms with Gasteiger partial charge in [-0.2, -0.15) is 0 Å². The number of benzene rings is 2. The highest BCUT2D eigenvalue weighted by atomic mass is 19.1. The fraction of sp³-hybridized carbons (Fsp3) is 0.286. The van der Waals surface area contributed by atoms with E-state index in [9.17, 15) is 14.5 Å². The molecular formula is C21H25FN2O5. The second-order valence-corrected chi connectivity index (χ2v) is 5.01. The van der Waals surface area contributed by atoms with E-state index in [1.54, 1.807) is 18.2 Å². The lowest BCUT2D eigenvalue weighted by molar-refractivity contribution is -0.385. The number of pyridine rings is 1. The third kappa shape index (κ3) is 5.54. The Labute approximate surface area is 169 Å². The number of hydrogen-bond donors (Lipinski definition) is 0. The maximum absolute atomic E-state index is 14.1. The van der Waals surface area contributed by atoms with Gasteiger partial charge >= 0.3 is 0 Å². The third-order valence-electron chi connectivity index (χ3n) is 3.55. The average Bonchev–Trinajstić information content (AvgIpc) is 2.77. The second kappa shape index (κ2) is 11.4. The molecule has 0 saturated heterocycles. The molecule has 0 atom stereocenters. The summed E-state index contributed by atoms with van der Waals surface area (Å²) >= 11 is 0. The molecule has 8 heteroatoms. The van der Waals surface area contributed by atoms with Gasteiger partial charge in [0.15, 0.2) is 23.1 Å². The second-order valence-electron chi connectivity index (χ2n) is 5.01. The Morgan fingerprint density at radius 2 is 1.52 bits per heavy atom. The van der Waals surface area contributed by atoms with Crippen molar-refractivity contribution < 1.29 is 23.5 Å². The Morgan fingerprint density at radius 3 is 2.07 bits per heavy atom. The molecule has 0 unspecified atom stereocenters. The number of rotatable bonds is 5. The van der Waals surface area contributed by atoms with Gasteiger partial charge in [-0.05, 0) is 18.2 Å². The predicted octanol–water partition coefficient (Wildman–Crippen LogP) is 6.14. The highest BCUT2D eigenvalue weighted by Crippen LogP contribution is 2.37. The molecule has 0 amide bonds. The van der Waals surface area contributed by atoms with E-state index in [0.29, 0.717) is 28.2 Å². The van der Waals surface area contributed by atoms with Crippen LogP contribution in [0.2, 0.25) is 0 Å². The minimum Gasteiger partial charge on any atom is -0.493 e.